The molecule has 3 aromatic rings. The molecule has 0 aliphatic rings. The van der Waals surface area contributed by atoms with E-state index in [1.807, 2.05) is 73.7 Å². The molecule has 4 nitrogen and oxygen atoms in total. The highest BCUT2D eigenvalue weighted by Gasteiger charge is 2.13. The average Bonchev–Trinajstić information content (AvgIpc) is 2.70. The van der Waals surface area contributed by atoms with E-state index in [0.29, 0.717) is 5.75 Å². The molecule has 0 spiro atoms. The molecule has 0 aromatic heterocycles. The number of hydrogen-bond acceptors (Lipinski definition) is 3. The number of ether oxygens (including phenoxy) is 2. The summed E-state index contributed by atoms with van der Waals surface area (Å²) >= 11 is 0. The summed E-state index contributed by atoms with van der Waals surface area (Å²) in [5.41, 5.74) is 1.05. The first kappa shape index (κ1) is 17.8. The van der Waals surface area contributed by atoms with Crippen LogP contribution in [0.4, 0.5) is 0 Å². The molecule has 3 aromatic carbocycles. The molecule has 0 saturated heterocycles. The van der Waals surface area contributed by atoms with Crippen molar-refractivity contribution in [3.05, 3.63) is 72.3 Å². The van der Waals surface area contributed by atoms with Crippen molar-refractivity contribution < 1.29 is 14.3 Å². The number of amides is 1. The zero-order chi connectivity index (χ0) is 18.4. The highest BCUT2D eigenvalue weighted by Crippen LogP contribution is 2.22. The average molecular weight is 349 g/mol. The monoisotopic (exact) mass is 349 g/mol. The zero-order valence-electron chi connectivity index (χ0n) is 15.1. The topological polar surface area (TPSA) is 47.6 Å². The summed E-state index contributed by atoms with van der Waals surface area (Å²) in [7, 11) is 1.64. The molecule has 1 N–H and O–H groups in total. The lowest BCUT2D eigenvalue weighted by Gasteiger charge is -2.18. The van der Waals surface area contributed by atoms with Crippen molar-refractivity contribution in [3.63, 3.8) is 0 Å². The number of fused-ring (bicyclic) bond motifs is 1. The van der Waals surface area contributed by atoms with Gasteiger partial charge in [0, 0.05) is 0 Å². The highest BCUT2D eigenvalue weighted by atomic mass is 16.5. The third-order valence-electron chi connectivity index (χ3n) is 4.35. The van der Waals surface area contributed by atoms with Gasteiger partial charge >= 0.3 is 0 Å². The first-order chi connectivity index (χ1) is 12.7. The van der Waals surface area contributed by atoms with Gasteiger partial charge < -0.3 is 14.8 Å². The number of carbonyl (C=O) groups excluding carboxylic acids is 1. The van der Waals surface area contributed by atoms with E-state index < -0.39 is 0 Å². The number of benzene rings is 3. The molecule has 0 aliphatic heterocycles. The van der Waals surface area contributed by atoms with Gasteiger partial charge in [0.25, 0.3) is 5.91 Å². The van der Waals surface area contributed by atoms with Gasteiger partial charge in [-0.15, -0.1) is 0 Å². The zero-order valence-corrected chi connectivity index (χ0v) is 15.1. The summed E-state index contributed by atoms with van der Waals surface area (Å²) in [6.07, 6.45) is 0.800. The Morgan fingerprint density at radius 2 is 1.65 bits per heavy atom. The first-order valence-electron chi connectivity index (χ1n) is 8.74. The maximum Gasteiger partial charge on any atom is 0.258 e. The van der Waals surface area contributed by atoms with Gasteiger partial charge in [-0.2, -0.15) is 0 Å². The maximum atomic E-state index is 12.3. The van der Waals surface area contributed by atoms with Crippen LogP contribution in [0.25, 0.3) is 10.8 Å². The molecule has 1 atom stereocenters. The van der Waals surface area contributed by atoms with Crippen LogP contribution >= 0.6 is 0 Å². The van der Waals surface area contributed by atoms with Gasteiger partial charge in [-0.25, -0.2) is 0 Å². The van der Waals surface area contributed by atoms with Crippen molar-refractivity contribution >= 4 is 16.7 Å². The fraction of sp³-hybridized carbons (Fsp3) is 0.227. The Labute approximate surface area is 153 Å². The summed E-state index contributed by atoms with van der Waals surface area (Å²) in [5.74, 6) is 1.35. The Morgan fingerprint density at radius 3 is 2.35 bits per heavy atom. The molecular weight excluding hydrogens is 326 g/mol. The molecule has 4 heteroatoms. The normalized spacial score (nSPS) is 11.8. The van der Waals surface area contributed by atoms with Crippen LogP contribution in [0.1, 0.15) is 24.9 Å². The molecule has 3 rings (SSSR count). The molecule has 134 valence electrons. The molecule has 26 heavy (non-hydrogen) atoms. The first-order valence-corrected chi connectivity index (χ1v) is 8.74. The molecule has 0 aliphatic carbocycles. The van der Waals surface area contributed by atoms with Crippen molar-refractivity contribution in [2.24, 2.45) is 0 Å². The van der Waals surface area contributed by atoms with E-state index in [1.54, 1.807) is 7.11 Å². The van der Waals surface area contributed by atoms with Crippen LogP contribution < -0.4 is 14.8 Å². The van der Waals surface area contributed by atoms with E-state index in [9.17, 15) is 4.79 Å². The van der Waals surface area contributed by atoms with Crippen LogP contribution in [0, 0.1) is 0 Å². The second kappa shape index (κ2) is 8.39. The smallest absolute Gasteiger partial charge is 0.258 e. The fourth-order valence-corrected chi connectivity index (χ4v) is 2.90. The largest absolute Gasteiger partial charge is 0.497 e. The Hall–Kier alpha value is -3.01. The van der Waals surface area contributed by atoms with Crippen LogP contribution in [-0.4, -0.2) is 19.6 Å². The summed E-state index contributed by atoms with van der Waals surface area (Å²) in [6, 6.07) is 21.6. The lowest BCUT2D eigenvalue weighted by atomic mass is 10.0. The SMILES string of the molecule is CCC(NC(=O)COc1ccc2ccccc2c1)c1ccc(OC)cc1. The van der Waals surface area contributed by atoms with Gasteiger partial charge in [0.2, 0.25) is 0 Å². The molecule has 0 bridgehead atoms. The van der Waals surface area contributed by atoms with E-state index in [4.69, 9.17) is 9.47 Å². The molecule has 1 unspecified atom stereocenters. The minimum atomic E-state index is -0.138. The number of methoxy groups -OCH3 is 1. The Bertz CT molecular complexity index is 874. The van der Waals surface area contributed by atoms with Crippen molar-refractivity contribution in [1.82, 2.24) is 5.32 Å². The van der Waals surface area contributed by atoms with Crippen molar-refractivity contribution in [3.8, 4) is 11.5 Å². The Morgan fingerprint density at radius 1 is 0.962 bits per heavy atom. The lowest BCUT2D eigenvalue weighted by molar-refractivity contribution is -0.123. The number of nitrogens with one attached hydrogen (secondary N) is 1. The van der Waals surface area contributed by atoms with Gasteiger partial charge in [-0.1, -0.05) is 49.4 Å². The quantitative estimate of drug-likeness (QED) is 0.683. The van der Waals surface area contributed by atoms with Crippen molar-refractivity contribution in [1.29, 1.82) is 0 Å². The van der Waals surface area contributed by atoms with Crippen LogP contribution in [0.3, 0.4) is 0 Å². The number of hydrogen-bond donors (Lipinski definition) is 1. The van der Waals surface area contributed by atoms with Gasteiger partial charge in [-0.05, 0) is 47.0 Å². The predicted octanol–water partition coefficient (Wildman–Crippen LogP) is 4.49. The van der Waals surface area contributed by atoms with Gasteiger partial charge in [0.05, 0.1) is 13.2 Å². The predicted molar refractivity (Wildman–Crippen MR) is 104 cm³/mol. The van der Waals surface area contributed by atoms with E-state index >= 15 is 0 Å². The van der Waals surface area contributed by atoms with E-state index in [-0.39, 0.29) is 18.6 Å². The minimum absolute atomic E-state index is 0.00893. The van der Waals surface area contributed by atoms with Crippen LogP contribution in [0.5, 0.6) is 11.5 Å². The summed E-state index contributed by atoms with van der Waals surface area (Å²) in [5, 5.41) is 5.26. The second-order valence-corrected chi connectivity index (χ2v) is 6.10. The summed E-state index contributed by atoms with van der Waals surface area (Å²) in [6.45, 7) is 2.03. The van der Waals surface area contributed by atoms with Crippen LogP contribution in [0.2, 0.25) is 0 Å². The number of rotatable bonds is 7. The summed E-state index contributed by atoms with van der Waals surface area (Å²) in [4.78, 5) is 12.3. The molecule has 0 fully saturated rings. The van der Waals surface area contributed by atoms with E-state index in [0.717, 1.165) is 28.5 Å². The second-order valence-electron chi connectivity index (χ2n) is 6.10. The third kappa shape index (κ3) is 4.33. The fourth-order valence-electron chi connectivity index (χ4n) is 2.90. The maximum absolute atomic E-state index is 12.3. The van der Waals surface area contributed by atoms with E-state index in [1.165, 1.54) is 0 Å². The van der Waals surface area contributed by atoms with Crippen molar-refractivity contribution in [2.75, 3.05) is 13.7 Å². The van der Waals surface area contributed by atoms with E-state index in [2.05, 4.69) is 5.32 Å². The highest BCUT2D eigenvalue weighted by molar-refractivity contribution is 5.84. The molecule has 0 radical (unpaired) electrons. The van der Waals surface area contributed by atoms with Crippen LogP contribution in [0.15, 0.2) is 66.7 Å². The minimum Gasteiger partial charge on any atom is -0.497 e. The van der Waals surface area contributed by atoms with Gasteiger partial charge in [0.15, 0.2) is 6.61 Å². The van der Waals surface area contributed by atoms with Gasteiger partial charge in [-0.3, -0.25) is 4.79 Å². The lowest BCUT2D eigenvalue weighted by Crippen LogP contribution is -2.32. The molecule has 1 amide bonds. The van der Waals surface area contributed by atoms with Crippen LogP contribution in [-0.2, 0) is 4.79 Å². The molecule has 0 saturated carbocycles. The Balaban J connectivity index is 1.59. The molecule has 0 heterocycles. The molecular formula is C22H23NO3. The third-order valence-corrected chi connectivity index (χ3v) is 4.35. The van der Waals surface area contributed by atoms with Gasteiger partial charge in [0.1, 0.15) is 11.5 Å². The van der Waals surface area contributed by atoms with Crippen molar-refractivity contribution in [2.45, 2.75) is 19.4 Å². The standard InChI is InChI=1S/C22H23NO3/c1-3-21(17-9-11-19(25-2)12-10-17)23-22(24)15-26-20-13-8-16-6-4-5-7-18(16)14-20/h4-14,21H,3,15H2,1-2H3,(H,23,24). The number of carbonyl (C=O) groups is 1. The summed E-state index contributed by atoms with van der Waals surface area (Å²) < 4.78 is 10.8. The Kier molecular flexibility index (Phi) is 5.74.